The Morgan fingerprint density at radius 1 is 0.240 bits per heavy atom. The number of unbranched alkanes of at least 4 members (excludes halogenated alkanes) is 5. The second-order valence-electron chi connectivity index (χ2n) is 38.3. The van der Waals surface area contributed by atoms with Crippen LogP contribution in [0.15, 0.2) is 364 Å². The molecule has 150 heavy (non-hydrogen) atoms. The first kappa shape index (κ1) is 108. The van der Waals surface area contributed by atoms with E-state index in [1.807, 2.05) is 188 Å². The normalized spacial score (nSPS) is 24.0. The standard InChI is InChI=1S/C121H128O28Si/c1-121(2,3)150(93-67-41-19-42-68-93,94-69-43-20-44-70-94)139-82-99-105(134-77-87-55-29-13-30-56-87)110(149-115(127)92-65-39-18-40-66-92)120(144-99)138-81-98-104(133-76-86-53-27-12-28-54-86)109(148-114(126)91-63-37-17-38-64-91)119(143-98)137-80-97-103(132-75-85-51-25-11-26-52-85)108(147-113(125)90-61-35-16-36-62-90)118(142-97)136-79-96-102(131-74-84-49-23-10-24-50-84)107(146-112(124)89-59-33-15-34-60-89)117(141-96)135-78-95-101(130-73-83-47-21-9-22-48-83)106(145-111(123)88-57-31-14-32-58-88)116(140-95)129-72-46-8-6-5-7-45-71-100(122)128-4/h9-44,47-70,95-99,101-110,116-120H,5-8,45-46,71-82H2,1-4H3/t95-,96-,97-,98-,99-,101-,102-,103-,104-,105-,106+,107+,108+,109+,110+,116+,117+,118+,119+,120+/m1/s1. The van der Waals surface area contributed by atoms with Crippen molar-refractivity contribution in [2.45, 2.75) is 227 Å². The van der Waals surface area contributed by atoms with Crippen LogP contribution in [-0.2, 0) is 142 Å². The quantitative estimate of drug-likeness (QED) is 0.0148. The molecule has 29 heteroatoms. The van der Waals surface area contributed by atoms with Gasteiger partial charge in [-0.1, -0.05) is 350 Å². The molecule has 12 aromatic carbocycles. The van der Waals surface area contributed by atoms with Gasteiger partial charge in [-0.2, -0.15) is 0 Å². The van der Waals surface area contributed by atoms with Crippen LogP contribution in [0.3, 0.4) is 0 Å². The number of hydrogen-bond acceptors (Lipinski definition) is 28. The lowest BCUT2D eigenvalue weighted by atomic mass is 10.1. The molecule has 784 valence electrons. The molecule has 5 saturated heterocycles. The molecule has 0 amide bonds. The zero-order valence-electron chi connectivity index (χ0n) is 84.3. The molecule has 0 radical (unpaired) electrons. The summed E-state index contributed by atoms with van der Waals surface area (Å²) in [6.45, 7) is 4.98. The van der Waals surface area contributed by atoms with E-state index < -0.39 is 186 Å². The van der Waals surface area contributed by atoms with Gasteiger partial charge in [0.15, 0.2) is 62.0 Å². The van der Waals surface area contributed by atoms with E-state index in [1.54, 1.807) is 152 Å². The minimum absolute atomic E-state index is 0.0399. The Hall–Kier alpha value is -13.0. The van der Waals surface area contributed by atoms with Gasteiger partial charge in [0.1, 0.15) is 61.0 Å². The molecule has 28 nitrogen and oxygen atoms in total. The van der Waals surface area contributed by atoms with Crippen LogP contribution < -0.4 is 10.4 Å². The number of benzene rings is 12. The molecule has 12 aromatic rings. The summed E-state index contributed by atoms with van der Waals surface area (Å²) in [4.78, 5) is 86.3. The number of carbonyl (C=O) groups is 6. The summed E-state index contributed by atoms with van der Waals surface area (Å²) < 4.78 is 151. The highest BCUT2D eigenvalue weighted by Gasteiger charge is 2.59. The molecule has 0 bridgehead atoms. The Morgan fingerprint density at radius 2 is 0.447 bits per heavy atom. The zero-order valence-corrected chi connectivity index (χ0v) is 85.3. The first-order chi connectivity index (χ1) is 73.5. The van der Waals surface area contributed by atoms with Crippen LogP contribution in [0.2, 0.25) is 5.04 Å². The monoisotopic (exact) mass is 2060 g/mol. The van der Waals surface area contributed by atoms with Crippen molar-refractivity contribution in [3.63, 3.8) is 0 Å². The number of ether oxygens (including phenoxy) is 21. The molecule has 0 saturated carbocycles. The van der Waals surface area contributed by atoms with E-state index in [4.69, 9.17) is 104 Å². The second-order valence-corrected chi connectivity index (χ2v) is 42.6. The largest absolute Gasteiger partial charge is 0.469 e. The van der Waals surface area contributed by atoms with E-state index in [9.17, 15) is 19.2 Å². The lowest BCUT2D eigenvalue weighted by Gasteiger charge is -2.43. The van der Waals surface area contributed by atoms with E-state index in [-0.39, 0.29) is 86.6 Å². The van der Waals surface area contributed by atoms with Crippen molar-refractivity contribution in [3.05, 3.63) is 420 Å². The van der Waals surface area contributed by atoms with Gasteiger partial charge in [-0.25, -0.2) is 24.0 Å². The zero-order chi connectivity index (χ0) is 104. The Morgan fingerprint density at radius 3 is 0.680 bits per heavy atom. The van der Waals surface area contributed by atoms with Crippen molar-refractivity contribution in [1.29, 1.82) is 0 Å². The molecule has 0 spiro atoms. The van der Waals surface area contributed by atoms with Crippen molar-refractivity contribution in [3.8, 4) is 0 Å². The fraction of sp³-hybridized carbons (Fsp3) is 0.355. The number of esters is 6. The highest BCUT2D eigenvalue weighted by atomic mass is 28.4. The van der Waals surface area contributed by atoms with E-state index in [1.165, 1.54) is 7.11 Å². The van der Waals surface area contributed by atoms with E-state index in [0.717, 1.165) is 63.9 Å². The predicted molar refractivity (Wildman–Crippen MR) is 554 cm³/mol. The average molecular weight is 2060 g/mol. The summed E-state index contributed by atoms with van der Waals surface area (Å²) in [6, 6.07) is 110. The van der Waals surface area contributed by atoms with Crippen LogP contribution in [0.1, 0.15) is 145 Å². The highest BCUT2D eigenvalue weighted by molar-refractivity contribution is 6.99. The summed E-state index contributed by atoms with van der Waals surface area (Å²) in [5.74, 6) is -3.86. The lowest BCUT2D eigenvalue weighted by Crippen LogP contribution is -2.67. The van der Waals surface area contributed by atoms with Gasteiger partial charge in [0.2, 0.25) is 0 Å². The summed E-state index contributed by atoms with van der Waals surface area (Å²) in [7, 11) is -1.94. The molecule has 0 aliphatic carbocycles. The minimum Gasteiger partial charge on any atom is -0.469 e. The molecule has 17 rings (SSSR count). The van der Waals surface area contributed by atoms with E-state index in [2.05, 4.69) is 45.0 Å². The topological polar surface area (TPSA) is 305 Å². The fourth-order valence-electron chi connectivity index (χ4n) is 19.2. The minimum atomic E-state index is -3.33. The van der Waals surface area contributed by atoms with Crippen LogP contribution in [-0.4, -0.2) is 214 Å². The lowest BCUT2D eigenvalue weighted by molar-refractivity contribution is -0.228. The van der Waals surface area contributed by atoms with Crippen molar-refractivity contribution in [2.24, 2.45) is 0 Å². The molecule has 5 fully saturated rings. The Kier molecular flexibility index (Phi) is 39.5. The maximum absolute atomic E-state index is 15.1. The maximum Gasteiger partial charge on any atom is 0.338 e. The van der Waals surface area contributed by atoms with Crippen molar-refractivity contribution in [1.82, 2.24) is 0 Å². The van der Waals surface area contributed by atoms with Crippen LogP contribution in [0, 0.1) is 0 Å². The summed E-state index contributed by atoms with van der Waals surface area (Å²) in [6.07, 6.45) is -20.5. The van der Waals surface area contributed by atoms with Crippen LogP contribution in [0.5, 0.6) is 0 Å². The Balaban J connectivity index is 0.695. The van der Waals surface area contributed by atoms with Gasteiger partial charge in [0.25, 0.3) is 8.32 Å². The van der Waals surface area contributed by atoms with Crippen LogP contribution >= 0.6 is 0 Å². The third-order valence-corrected chi connectivity index (χ3v) is 31.9. The fourth-order valence-corrected chi connectivity index (χ4v) is 23.8. The summed E-state index contributed by atoms with van der Waals surface area (Å²) in [5.41, 5.74) is 4.97. The number of rotatable bonds is 52. The molecular formula is C121H128O28Si. The molecule has 5 aliphatic rings. The smallest absolute Gasteiger partial charge is 0.338 e. The number of hydrogen-bond donors (Lipinski definition) is 0. The van der Waals surface area contributed by atoms with Gasteiger partial charge < -0.3 is 104 Å². The highest BCUT2D eigenvalue weighted by Crippen LogP contribution is 2.43. The van der Waals surface area contributed by atoms with Crippen molar-refractivity contribution < 1.29 is 133 Å². The van der Waals surface area contributed by atoms with Gasteiger partial charge in [0.05, 0.1) is 101 Å². The molecule has 5 aliphatic heterocycles. The third kappa shape index (κ3) is 29.0. The number of methoxy groups -OCH3 is 1. The Labute approximate surface area is 875 Å². The van der Waals surface area contributed by atoms with Gasteiger partial charge in [-0.3, -0.25) is 4.79 Å². The first-order valence-electron chi connectivity index (χ1n) is 51.2. The van der Waals surface area contributed by atoms with E-state index in [0.29, 0.717) is 19.3 Å². The van der Waals surface area contributed by atoms with Crippen LogP contribution in [0.25, 0.3) is 0 Å². The molecule has 20 atom stereocenters. The first-order valence-corrected chi connectivity index (χ1v) is 53.1. The maximum atomic E-state index is 15.1. The van der Waals surface area contributed by atoms with Gasteiger partial charge in [0, 0.05) is 13.0 Å². The predicted octanol–water partition coefficient (Wildman–Crippen LogP) is 18.2. The SMILES string of the molecule is COC(=O)CCCCCCCCO[C@H]1O[C@H](CO[C@H]2O[C@H](CO[C@H]3O[C@H](CO[C@H]4O[C@H](CO[C@H]5O[C@H](CO[Si](c6ccccc6)(c6ccccc6)C(C)(C)C)[C@@H](OCc6ccccc6)[C@@H]5OC(=O)c5ccccc5)[C@@H](OCc5ccccc5)[C@@H]4OC(=O)c4ccccc4)[C@@H](OCc4ccccc4)[C@@H]3OC(=O)c3ccccc3)[C@@H](OCc3ccccc3)[C@@H]2OC(=O)c2ccccc2)[C@@H](OCc2ccccc2)[C@@H]1OC(=O)c1ccccc1. The number of carbonyl (C=O) groups excluding carboxylic acids is 6. The molecule has 0 N–H and O–H groups in total. The van der Waals surface area contributed by atoms with Crippen LogP contribution in [0.4, 0.5) is 0 Å². The summed E-state index contributed by atoms with van der Waals surface area (Å²) >= 11 is 0. The molecule has 0 aromatic heterocycles. The van der Waals surface area contributed by atoms with Gasteiger partial charge in [-0.15, -0.1) is 0 Å². The third-order valence-electron chi connectivity index (χ3n) is 26.9. The van der Waals surface area contributed by atoms with E-state index >= 15 is 9.59 Å². The molecule has 5 heterocycles. The second kappa shape index (κ2) is 54.7. The molecular weight excluding hydrogens is 1930 g/mol. The Bertz CT molecular complexity index is 6070. The van der Waals surface area contributed by atoms with Crippen molar-refractivity contribution in [2.75, 3.05) is 46.8 Å². The van der Waals surface area contributed by atoms with Gasteiger partial charge in [-0.05, 0) is 117 Å². The van der Waals surface area contributed by atoms with Crippen molar-refractivity contribution >= 4 is 54.5 Å². The van der Waals surface area contributed by atoms with Gasteiger partial charge >= 0.3 is 35.8 Å². The molecule has 0 unspecified atom stereocenters. The average Bonchev–Trinajstić information content (AvgIpc) is 0.807. The summed E-state index contributed by atoms with van der Waals surface area (Å²) in [5, 5.41) is 1.56.